The molecule has 0 N–H and O–H groups in total. The number of halogens is 2. The van der Waals surface area contributed by atoms with Crippen molar-refractivity contribution in [3.8, 4) is 11.5 Å². The highest BCUT2D eigenvalue weighted by molar-refractivity contribution is 14.1. The van der Waals surface area contributed by atoms with E-state index in [0.717, 1.165) is 14.9 Å². The van der Waals surface area contributed by atoms with Gasteiger partial charge in [-0.05, 0) is 57.3 Å². The van der Waals surface area contributed by atoms with Crippen LogP contribution in [0.5, 0.6) is 11.5 Å². The van der Waals surface area contributed by atoms with Crippen LogP contribution in [-0.4, -0.2) is 12.8 Å². The smallest absolute Gasteiger partial charge is 0.346 e. The standard InChI is InChI=1S/C11H6I2O4/c12-8-9(13)11(14)17-10(8)5-1-2-6-7(3-5)16-4-15-6/h1-3,10H,4H2. The first-order chi connectivity index (χ1) is 8.16. The highest BCUT2D eigenvalue weighted by Crippen LogP contribution is 2.44. The zero-order chi connectivity index (χ0) is 12.0. The molecule has 6 heteroatoms. The lowest BCUT2D eigenvalue weighted by molar-refractivity contribution is -0.139. The van der Waals surface area contributed by atoms with E-state index in [9.17, 15) is 4.79 Å². The van der Waals surface area contributed by atoms with Crippen molar-refractivity contribution in [2.24, 2.45) is 0 Å². The van der Waals surface area contributed by atoms with Crippen molar-refractivity contribution in [1.82, 2.24) is 0 Å². The van der Waals surface area contributed by atoms with Crippen molar-refractivity contribution in [2.75, 3.05) is 6.79 Å². The lowest BCUT2D eigenvalue weighted by atomic mass is 10.1. The Bertz CT molecular complexity index is 538. The van der Waals surface area contributed by atoms with Crippen LogP contribution in [0.1, 0.15) is 11.7 Å². The average Bonchev–Trinajstić information content (AvgIpc) is 2.89. The number of hydrogen-bond acceptors (Lipinski definition) is 4. The van der Waals surface area contributed by atoms with Gasteiger partial charge in [-0.2, -0.15) is 0 Å². The fourth-order valence-corrected chi connectivity index (χ4v) is 2.83. The van der Waals surface area contributed by atoms with E-state index in [4.69, 9.17) is 14.2 Å². The van der Waals surface area contributed by atoms with Gasteiger partial charge in [0.05, 0.1) is 3.58 Å². The lowest BCUT2D eigenvalue weighted by Gasteiger charge is -2.11. The molecule has 1 atom stereocenters. The first kappa shape index (κ1) is 11.6. The number of fused-ring (bicyclic) bond motifs is 1. The molecule has 0 spiro atoms. The maximum Gasteiger partial charge on any atom is 0.346 e. The fourth-order valence-electron chi connectivity index (χ4n) is 1.71. The Hall–Kier alpha value is -0.510. The van der Waals surface area contributed by atoms with Gasteiger partial charge in [0.2, 0.25) is 6.79 Å². The van der Waals surface area contributed by atoms with Crippen molar-refractivity contribution in [3.63, 3.8) is 0 Å². The maximum absolute atomic E-state index is 11.5. The number of rotatable bonds is 1. The van der Waals surface area contributed by atoms with E-state index in [1.54, 1.807) is 0 Å². The Kier molecular flexibility index (Phi) is 2.93. The van der Waals surface area contributed by atoms with Gasteiger partial charge >= 0.3 is 5.97 Å². The quantitative estimate of drug-likeness (QED) is 0.482. The van der Waals surface area contributed by atoms with Gasteiger partial charge in [-0.25, -0.2) is 4.79 Å². The molecular formula is C11H6I2O4. The summed E-state index contributed by atoms with van der Waals surface area (Å²) in [6.07, 6.45) is -0.315. The van der Waals surface area contributed by atoms with Crippen LogP contribution in [0.25, 0.3) is 0 Å². The number of esters is 1. The van der Waals surface area contributed by atoms with Crippen LogP contribution in [0.15, 0.2) is 25.4 Å². The minimum atomic E-state index is -0.315. The highest BCUT2D eigenvalue weighted by Gasteiger charge is 2.33. The van der Waals surface area contributed by atoms with Crippen molar-refractivity contribution >= 4 is 51.2 Å². The average molecular weight is 456 g/mol. The zero-order valence-corrected chi connectivity index (χ0v) is 12.7. The monoisotopic (exact) mass is 456 g/mol. The molecule has 3 rings (SSSR count). The second-order valence-corrected chi connectivity index (χ2v) is 5.80. The van der Waals surface area contributed by atoms with Crippen molar-refractivity contribution in [2.45, 2.75) is 6.10 Å². The fraction of sp³-hybridized carbons (Fsp3) is 0.182. The van der Waals surface area contributed by atoms with E-state index < -0.39 is 0 Å². The largest absolute Gasteiger partial charge is 0.454 e. The Morgan fingerprint density at radius 3 is 2.65 bits per heavy atom. The van der Waals surface area contributed by atoms with E-state index in [1.807, 2.05) is 40.8 Å². The molecule has 0 aromatic heterocycles. The molecule has 0 bridgehead atoms. The van der Waals surface area contributed by atoms with Crippen molar-refractivity contribution < 1.29 is 19.0 Å². The first-order valence-corrected chi connectivity index (χ1v) is 6.98. The summed E-state index contributed by atoms with van der Waals surface area (Å²) in [7, 11) is 0. The predicted octanol–water partition coefficient (Wildman–Crippen LogP) is 3.09. The van der Waals surface area contributed by atoms with Gasteiger partial charge in [0.25, 0.3) is 0 Å². The van der Waals surface area contributed by atoms with Crippen LogP contribution in [0.2, 0.25) is 0 Å². The van der Waals surface area contributed by atoms with E-state index in [-0.39, 0.29) is 18.9 Å². The van der Waals surface area contributed by atoms with Crippen LogP contribution in [-0.2, 0) is 9.53 Å². The molecule has 1 aromatic rings. The number of carbonyl (C=O) groups is 1. The molecular weight excluding hydrogens is 450 g/mol. The summed E-state index contributed by atoms with van der Waals surface area (Å²) in [6.45, 7) is 0.244. The van der Waals surface area contributed by atoms with Gasteiger partial charge in [-0.15, -0.1) is 0 Å². The Morgan fingerprint density at radius 2 is 1.94 bits per heavy atom. The summed E-state index contributed by atoms with van der Waals surface area (Å²) < 4.78 is 17.4. The number of ether oxygens (including phenoxy) is 3. The molecule has 0 fully saturated rings. The van der Waals surface area contributed by atoms with Gasteiger partial charge in [0.15, 0.2) is 17.6 Å². The summed E-state index contributed by atoms with van der Waals surface area (Å²) in [6, 6.07) is 5.58. The van der Waals surface area contributed by atoms with Gasteiger partial charge < -0.3 is 14.2 Å². The number of carbonyl (C=O) groups excluding carboxylic acids is 1. The molecule has 1 aromatic carbocycles. The van der Waals surface area contributed by atoms with E-state index in [0.29, 0.717) is 9.33 Å². The molecule has 0 radical (unpaired) electrons. The lowest BCUT2D eigenvalue weighted by Crippen LogP contribution is -2.01. The molecule has 0 amide bonds. The molecule has 17 heavy (non-hydrogen) atoms. The van der Waals surface area contributed by atoms with E-state index >= 15 is 0 Å². The normalized spacial score (nSPS) is 22.0. The maximum atomic E-state index is 11.5. The molecule has 88 valence electrons. The highest BCUT2D eigenvalue weighted by atomic mass is 127. The Balaban J connectivity index is 1.99. The van der Waals surface area contributed by atoms with Gasteiger partial charge in [-0.3, -0.25) is 0 Å². The molecule has 1 unspecified atom stereocenters. The number of benzene rings is 1. The Labute approximate surface area is 125 Å². The summed E-state index contributed by atoms with van der Waals surface area (Å²) in [4.78, 5) is 11.5. The first-order valence-electron chi connectivity index (χ1n) is 4.82. The van der Waals surface area contributed by atoms with Crippen LogP contribution in [0.4, 0.5) is 0 Å². The number of hydrogen-bond donors (Lipinski definition) is 0. The second kappa shape index (κ2) is 4.30. The molecule has 0 aliphatic carbocycles. The number of cyclic esters (lactones) is 1. The van der Waals surface area contributed by atoms with Crippen molar-refractivity contribution in [1.29, 1.82) is 0 Å². The summed E-state index contributed by atoms with van der Waals surface area (Å²) >= 11 is 4.15. The summed E-state index contributed by atoms with van der Waals surface area (Å²) in [5.74, 6) is 1.16. The third-order valence-corrected chi connectivity index (χ3v) is 5.70. The van der Waals surface area contributed by atoms with Gasteiger partial charge in [-0.1, -0.05) is 6.07 Å². The second-order valence-electron chi connectivity index (χ2n) is 3.56. The molecule has 0 saturated heterocycles. The summed E-state index contributed by atoms with van der Waals surface area (Å²) in [5.41, 5.74) is 0.902. The predicted molar refractivity (Wildman–Crippen MR) is 76.5 cm³/mol. The third-order valence-electron chi connectivity index (χ3n) is 2.54. The molecule has 4 nitrogen and oxygen atoms in total. The van der Waals surface area contributed by atoms with Crippen LogP contribution >= 0.6 is 45.2 Å². The van der Waals surface area contributed by atoms with Crippen LogP contribution in [0, 0.1) is 0 Å². The minimum Gasteiger partial charge on any atom is -0.454 e. The van der Waals surface area contributed by atoms with E-state index in [2.05, 4.69) is 22.6 Å². The minimum absolute atomic E-state index is 0.244. The zero-order valence-electron chi connectivity index (χ0n) is 8.41. The van der Waals surface area contributed by atoms with Gasteiger partial charge in [0, 0.05) is 5.56 Å². The van der Waals surface area contributed by atoms with Gasteiger partial charge in [0.1, 0.15) is 3.58 Å². The van der Waals surface area contributed by atoms with Crippen LogP contribution in [0.3, 0.4) is 0 Å². The molecule has 2 aliphatic rings. The topological polar surface area (TPSA) is 44.8 Å². The molecule has 0 saturated carbocycles. The van der Waals surface area contributed by atoms with Crippen LogP contribution < -0.4 is 9.47 Å². The van der Waals surface area contributed by atoms with E-state index in [1.165, 1.54) is 0 Å². The SMILES string of the molecule is O=C1OC(c2ccc3c(c2)OCO3)C(I)=C1I. The molecule has 2 aliphatic heterocycles. The molecule has 2 heterocycles. The Morgan fingerprint density at radius 1 is 1.18 bits per heavy atom. The third kappa shape index (κ3) is 1.90. The van der Waals surface area contributed by atoms with Crippen molar-refractivity contribution in [3.05, 3.63) is 30.9 Å². The summed E-state index contributed by atoms with van der Waals surface area (Å²) in [5, 5.41) is 0.